The molecule has 2 aromatic carbocycles. The lowest BCUT2D eigenvalue weighted by Gasteiger charge is -2.21. The van der Waals surface area contributed by atoms with Gasteiger partial charge in [0.05, 0.1) is 16.3 Å². The van der Waals surface area contributed by atoms with Crippen LogP contribution in [0, 0.1) is 6.92 Å². The molecule has 0 bridgehead atoms. The third kappa shape index (κ3) is 3.74. The van der Waals surface area contributed by atoms with E-state index in [1.165, 1.54) is 0 Å². The van der Waals surface area contributed by atoms with Crippen LogP contribution in [0.3, 0.4) is 0 Å². The Hall–Kier alpha value is -3.38. The molecular formula is C26H24ClN3O3. The SMILES string of the molecule is Cc1c(C(=O)N2c3ccccc3CC2C)oc2c1/C(=N/NC(=O)c1ccccc1Cl)CCC2. The smallest absolute Gasteiger partial charge is 0.294 e. The topological polar surface area (TPSA) is 74.9 Å². The number of hydrogen-bond acceptors (Lipinski definition) is 4. The van der Waals surface area contributed by atoms with Gasteiger partial charge in [-0.15, -0.1) is 0 Å². The highest BCUT2D eigenvalue weighted by Crippen LogP contribution is 2.36. The van der Waals surface area contributed by atoms with Crippen molar-refractivity contribution in [2.45, 2.75) is 45.6 Å². The molecule has 2 aliphatic rings. The van der Waals surface area contributed by atoms with Gasteiger partial charge in [0.2, 0.25) is 0 Å². The maximum absolute atomic E-state index is 13.6. The molecule has 1 atom stereocenters. The lowest BCUT2D eigenvalue weighted by molar-refractivity contribution is 0.0946. The van der Waals surface area contributed by atoms with Crippen LogP contribution >= 0.6 is 11.6 Å². The Morgan fingerprint density at radius 1 is 1.12 bits per heavy atom. The molecule has 33 heavy (non-hydrogen) atoms. The fraction of sp³-hybridized carbons (Fsp3) is 0.269. The molecule has 1 N–H and O–H groups in total. The van der Waals surface area contributed by atoms with E-state index in [0.717, 1.165) is 47.4 Å². The van der Waals surface area contributed by atoms with Crippen LogP contribution in [0.2, 0.25) is 5.02 Å². The zero-order valence-electron chi connectivity index (χ0n) is 18.5. The minimum atomic E-state index is -0.375. The highest BCUT2D eigenvalue weighted by Gasteiger charge is 2.36. The van der Waals surface area contributed by atoms with Crippen molar-refractivity contribution < 1.29 is 14.0 Å². The molecule has 2 amide bonds. The normalized spacial score (nSPS) is 18.2. The van der Waals surface area contributed by atoms with E-state index in [1.807, 2.05) is 36.9 Å². The predicted octanol–water partition coefficient (Wildman–Crippen LogP) is 5.30. The van der Waals surface area contributed by atoms with E-state index in [9.17, 15) is 9.59 Å². The average Bonchev–Trinajstić information content (AvgIpc) is 3.34. The van der Waals surface area contributed by atoms with E-state index >= 15 is 0 Å². The Balaban J connectivity index is 1.45. The van der Waals surface area contributed by atoms with E-state index in [2.05, 4.69) is 16.6 Å². The summed E-state index contributed by atoms with van der Waals surface area (Å²) in [7, 11) is 0. The van der Waals surface area contributed by atoms with Crippen LogP contribution in [-0.4, -0.2) is 23.6 Å². The second-order valence-corrected chi connectivity index (χ2v) is 8.95. The first-order valence-corrected chi connectivity index (χ1v) is 11.5. The summed E-state index contributed by atoms with van der Waals surface area (Å²) >= 11 is 6.13. The van der Waals surface area contributed by atoms with Gasteiger partial charge in [-0.2, -0.15) is 5.10 Å². The first-order chi connectivity index (χ1) is 16.0. The van der Waals surface area contributed by atoms with Crippen molar-refractivity contribution in [1.29, 1.82) is 0 Å². The second kappa shape index (κ2) is 8.52. The average molecular weight is 462 g/mol. The maximum atomic E-state index is 13.6. The number of nitrogens with one attached hydrogen (secondary N) is 1. The number of benzene rings is 2. The first kappa shape index (κ1) is 21.5. The Morgan fingerprint density at radius 2 is 1.88 bits per heavy atom. The van der Waals surface area contributed by atoms with Crippen molar-refractivity contribution in [2.75, 3.05) is 4.90 Å². The van der Waals surface area contributed by atoms with Gasteiger partial charge in [-0.25, -0.2) is 5.43 Å². The lowest BCUT2D eigenvalue weighted by Crippen LogP contribution is -2.35. The predicted molar refractivity (Wildman–Crippen MR) is 128 cm³/mol. The van der Waals surface area contributed by atoms with E-state index in [-0.39, 0.29) is 17.9 Å². The van der Waals surface area contributed by atoms with Crippen molar-refractivity contribution in [3.05, 3.63) is 87.3 Å². The van der Waals surface area contributed by atoms with Gasteiger partial charge >= 0.3 is 0 Å². The monoisotopic (exact) mass is 461 g/mol. The van der Waals surface area contributed by atoms with Gasteiger partial charge in [-0.1, -0.05) is 41.9 Å². The number of anilines is 1. The van der Waals surface area contributed by atoms with Crippen molar-refractivity contribution >= 4 is 34.8 Å². The van der Waals surface area contributed by atoms with E-state index in [0.29, 0.717) is 28.5 Å². The number of carbonyl (C=O) groups is 2. The number of carbonyl (C=O) groups excluding carboxylic acids is 2. The number of aryl methyl sites for hydroxylation is 1. The van der Waals surface area contributed by atoms with Gasteiger partial charge in [0.15, 0.2) is 5.76 Å². The highest BCUT2D eigenvalue weighted by molar-refractivity contribution is 6.33. The minimum Gasteiger partial charge on any atom is -0.455 e. The van der Waals surface area contributed by atoms with Crippen molar-refractivity contribution in [3.63, 3.8) is 0 Å². The molecule has 2 heterocycles. The third-order valence-electron chi connectivity index (χ3n) is 6.36. The fourth-order valence-corrected chi connectivity index (χ4v) is 5.01. The molecule has 168 valence electrons. The fourth-order valence-electron chi connectivity index (χ4n) is 4.79. The summed E-state index contributed by atoms with van der Waals surface area (Å²) in [6, 6.07) is 14.9. The van der Waals surface area contributed by atoms with Crippen LogP contribution in [0.25, 0.3) is 0 Å². The third-order valence-corrected chi connectivity index (χ3v) is 6.69. The molecular weight excluding hydrogens is 438 g/mol. The largest absolute Gasteiger partial charge is 0.455 e. The number of furan rings is 1. The molecule has 0 saturated heterocycles. The standard InChI is InChI=1S/C26H24ClN3O3/c1-15-14-17-8-3-6-12-21(17)30(15)26(32)24-16(2)23-20(11-7-13-22(23)33-24)28-29-25(31)18-9-4-5-10-19(18)27/h3-6,8-10,12,15H,7,11,13-14H2,1-2H3,(H,29,31)/b28-20+. The number of nitrogens with zero attached hydrogens (tertiary/aromatic N) is 2. The molecule has 1 unspecified atom stereocenters. The highest BCUT2D eigenvalue weighted by atomic mass is 35.5. The number of para-hydroxylation sites is 1. The Bertz CT molecular complexity index is 1290. The summed E-state index contributed by atoms with van der Waals surface area (Å²) in [6.07, 6.45) is 3.07. The number of amides is 2. The van der Waals surface area contributed by atoms with Gasteiger partial charge in [-0.3, -0.25) is 9.59 Å². The van der Waals surface area contributed by atoms with Crippen LogP contribution in [0.5, 0.6) is 0 Å². The maximum Gasteiger partial charge on any atom is 0.294 e. The molecule has 7 heteroatoms. The molecule has 1 aliphatic heterocycles. The first-order valence-electron chi connectivity index (χ1n) is 11.1. The summed E-state index contributed by atoms with van der Waals surface area (Å²) in [5.74, 6) is 0.572. The molecule has 1 aromatic heterocycles. The zero-order valence-corrected chi connectivity index (χ0v) is 19.3. The van der Waals surface area contributed by atoms with Crippen LogP contribution in [0.4, 0.5) is 5.69 Å². The minimum absolute atomic E-state index is 0.0551. The summed E-state index contributed by atoms with van der Waals surface area (Å²) in [5, 5.41) is 4.76. The van der Waals surface area contributed by atoms with Crippen molar-refractivity contribution in [1.82, 2.24) is 5.43 Å². The molecule has 1 aliphatic carbocycles. The quantitative estimate of drug-likeness (QED) is 0.537. The summed E-state index contributed by atoms with van der Waals surface area (Å²) < 4.78 is 6.11. The second-order valence-electron chi connectivity index (χ2n) is 8.54. The summed E-state index contributed by atoms with van der Waals surface area (Å²) in [6.45, 7) is 3.94. The van der Waals surface area contributed by atoms with Crippen LogP contribution < -0.4 is 10.3 Å². The van der Waals surface area contributed by atoms with Crippen molar-refractivity contribution in [2.24, 2.45) is 5.10 Å². The van der Waals surface area contributed by atoms with E-state index < -0.39 is 0 Å². The van der Waals surface area contributed by atoms with Gasteiger partial charge in [0.25, 0.3) is 11.8 Å². The number of halogens is 1. The molecule has 0 fully saturated rings. The van der Waals surface area contributed by atoms with E-state index in [1.54, 1.807) is 24.3 Å². The summed E-state index contributed by atoms with van der Waals surface area (Å²) in [5.41, 5.74) is 7.38. The number of hydrazone groups is 1. The van der Waals surface area contributed by atoms with Gasteiger partial charge in [0, 0.05) is 29.3 Å². The van der Waals surface area contributed by atoms with Crippen LogP contribution in [-0.2, 0) is 12.8 Å². The van der Waals surface area contributed by atoms with Gasteiger partial charge in [0.1, 0.15) is 5.76 Å². The molecule has 0 spiro atoms. The molecule has 0 saturated carbocycles. The number of rotatable bonds is 3. The zero-order chi connectivity index (χ0) is 23.1. The molecule has 6 nitrogen and oxygen atoms in total. The van der Waals surface area contributed by atoms with Gasteiger partial charge in [-0.05, 0) is 56.9 Å². The molecule has 0 radical (unpaired) electrons. The summed E-state index contributed by atoms with van der Waals surface area (Å²) in [4.78, 5) is 27.9. The van der Waals surface area contributed by atoms with E-state index in [4.69, 9.17) is 16.0 Å². The Labute approximate surface area is 197 Å². The molecule has 5 rings (SSSR count). The van der Waals surface area contributed by atoms with Crippen molar-refractivity contribution in [3.8, 4) is 0 Å². The Kier molecular flexibility index (Phi) is 5.54. The number of hydrogen-bond donors (Lipinski definition) is 1. The van der Waals surface area contributed by atoms with Crippen LogP contribution in [0.15, 0.2) is 58.0 Å². The molecule has 3 aromatic rings. The lowest BCUT2D eigenvalue weighted by atomic mass is 9.93. The van der Waals surface area contributed by atoms with Crippen LogP contribution in [0.1, 0.15) is 63.1 Å². The number of fused-ring (bicyclic) bond motifs is 2. The van der Waals surface area contributed by atoms with Gasteiger partial charge < -0.3 is 9.32 Å². The Morgan fingerprint density at radius 3 is 2.70 bits per heavy atom.